The quantitative estimate of drug-likeness (QED) is 0.926. The molecule has 1 aromatic carbocycles. The molecule has 2 aliphatic carbocycles. The van der Waals surface area contributed by atoms with Crippen molar-refractivity contribution in [2.24, 2.45) is 11.3 Å². The molecule has 3 aliphatic rings. The smallest absolute Gasteiger partial charge is 0.311 e. The minimum Gasteiger partial charge on any atom is -0.481 e. The van der Waals surface area contributed by atoms with Crippen LogP contribution in [0.3, 0.4) is 0 Å². The summed E-state index contributed by atoms with van der Waals surface area (Å²) in [6, 6.07) is 9.38. The summed E-state index contributed by atoms with van der Waals surface area (Å²) in [5.74, 6) is 0.0164. The summed E-state index contributed by atoms with van der Waals surface area (Å²) >= 11 is 0. The SMILES string of the molecule is O=C(N1C[C@@H]2CCC[C@@]2(C(=O)O)C1)C1(Oc2ccccc2)CC1. The minimum absolute atomic E-state index is 0.0311. The van der Waals surface area contributed by atoms with Crippen LogP contribution in [0.2, 0.25) is 0 Å². The third-order valence-corrected chi connectivity index (χ3v) is 5.73. The Morgan fingerprint density at radius 2 is 1.91 bits per heavy atom. The Morgan fingerprint density at radius 3 is 2.52 bits per heavy atom. The fourth-order valence-electron chi connectivity index (χ4n) is 4.27. The number of amides is 1. The average Bonchev–Trinajstić information content (AvgIpc) is 3.05. The topological polar surface area (TPSA) is 66.8 Å². The van der Waals surface area contributed by atoms with Crippen molar-refractivity contribution in [3.8, 4) is 5.75 Å². The van der Waals surface area contributed by atoms with Crippen molar-refractivity contribution in [2.75, 3.05) is 13.1 Å². The highest BCUT2D eigenvalue weighted by Crippen LogP contribution is 2.51. The molecule has 23 heavy (non-hydrogen) atoms. The van der Waals surface area contributed by atoms with Crippen molar-refractivity contribution < 1.29 is 19.4 Å². The van der Waals surface area contributed by atoms with E-state index >= 15 is 0 Å². The number of nitrogens with zero attached hydrogens (tertiary/aromatic N) is 1. The number of likely N-dealkylation sites (tertiary alicyclic amines) is 1. The van der Waals surface area contributed by atoms with Gasteiger partial charge in [0.15, 0.2) is 5.60 Å². The lowest BCUT2D eigenvalue weighted by molar-refractivity contribution is -0.150. The maximum absolute atomic E-state index is 12.9. The Labute approximate surface area is 135 Å². The Morgan fingerprint density at radius 1 is 1.17 bits per heavy atom. The predicted octanol–water partition coefficient (Wildman–Crippen LogP) is 2.31. The average molecular weight is 315 g/mol. The molecule has 2 atom stereocenters. The Bertz CT molecular complexity index is 640. The van der Waals surface area contributed by atoms with Crippen molar-refractivity contribution in [3.63, 3.8) is 0 Å². The number of carboxylic acids is 1. The van der Waals surface area contributed by atoms with Gasteiger partial charge in [0.25, 0.3) is 5.91 Å². The monoisotopic (exact) mass is 315 g/mol. The van der Waals surface area contributed by atoms with E-state index in [1.807, 2.05) is 30.3 Å². The first-order chi connectivity index (χ1) is 11.1. The van der Waals surface area contributed by atoms with Gasteiger partial charge in [0.1, 0.15) is 5.75 Å². The molecule has 1 aliphatic heterocycles. The lowest BCUT2D eigenvalue weighted by atomic mass is 9.81. The lowest BCUT2D eigenvalue weighted by Gasteiger charge is -2.26. The second kappa shape index (κ2) is 4.98. The standard InChI is InChI=1S/C18H21NO4/c20-15(18(9-10-18)23-14-6-2-1-3-7-14)19-11-13-5-4-8-17(13,12-19)16(21)22/h1-3,6-7,13H,4-5,8-12H2,(H,21,22)/t13-,17+/m0/s1. The number of benzene rings is 1. The van der Waals surface area contributed by atoms with Gasteiger partial charge in [-0.15, -0.1) is 0 Å². The molecule has 1 aromatic rings. The number of fused-ring (bicyclic) bond motifs is 1. The van der Waals surface area contributed by atoms with E-state index in [4.69, 9.17) is 4.74 Å². The second-order valence-electron chi connectivity index (χ2n) is 7.15. The van der Waals surface area contributed by atoms with Crippen LogP contribution in [0, 0.1) is 11.3 Å². The number of aliphatic carboxylic acids is 1. The maximum Gasteiger partial charge on any atom is 0.311 e. The van der Waals surface area contributed by atoms with Gasteiger partial charge in [-0.1, -0.05) is 24.6 Å². The Hall–Kier alpha value is -2.04. The molecule has 0 bridgehead atoms. The maximum atomic E-state index is 12.9. The highest BCUT2D eigenvalue weighted by molar-refractivity contribution is 5.90. The molecule has 5 nitrogen and oxygen atoms in total. The zero-order valence-electron chi connectivity index (χ0n) is 13.0. The molecule has 2 saturated carbocycles. The molecule has 122 valence electrons. The summed E-state index contributed by atoms with van der Waals surface area (Å²) < 4.78 is 5.96. The number of carbonyl (C=O) groups is 2. The molecule has 1 heterocycles. The van der Waals surface area contributed by atoms with Crippen molar-refractivity contribution in [1.82, 2.24) is 4.90 Å². The van der Waals surface area contributed by atoms with E-state index < -0.39 is 17.0 Å². The molecule has 0 spiro atoms. The molecule has 1 N–H and O–H groups in total. The van der Waals surface area contributed by atoms with Crippen molar-refractivity contribution >= 4 is 11.9 Å². The van der Waals surface area contributed by atoms with E-state index in [9.17, 15) is 14.7 Å². The van der Waals surface area contributed by atoms with Crippen LogP contribution >= 0.6 is 0 Å². The minimum atomic E-state index is -0.764. The zero-order chi connectivity index (χ0) is 16.1. The van der Waals surface area contributed by atoms with Crippen molar-refractivity contribution in [1.29, 1.82) is 0 Å². The van der Waals surface area contributed by atoms with E-state index in [2.05, 4.69) is 0 Å². The molecule has 3 fully saturated rings. The number of hydrogen-bond acceptors (Lipinski definition) is 3. The Balaban J connectivity index is 1.51. The predicted molar refractivity (Wildman–Crippen MR) is 83.0 cm³/mol. The van der Waals surface area contributed by atoms with E-state index in [0.29, 0.717) is 38.1 Å². The molecule has 0 radical (unpaired) electrons. The van der Waals surface area contributed by atoms with Crippen LogP contribution in [-0.2, 0) is 9.59 Å². The van der Waals surface area contributed by atoms with Gasteiger partial charge in [-0.25, -0.2) is 0 Å². The van der Waals surface area contributed by atoms with Crippen molar-refractivity contribution in [2.45, 2.75) is 37.7 Å². The van der Waals surface area contributed by atoms with Gasteiger partial charge < -0.3 is 14.7 Å². The van der Waals surface area contributed by atoms with E-state index in [1.165, 1.54) is 0 Å². The molecule has 0 unspecified atom stereocenters. The van der Waals surface area contributed by atoms with Gasteiger partial charge >= 0.3 is 5.97 Å². The van der Waals surface area contributed by atoms with E-state index in [0.717, 1.165) is 12.8 Å². The summed E-state index contributed by atoms with van der Waals surface area (Å²) in [5, 5.41) is 9.66. The second-order valence-corrected chi connectivity index (χ2v) is 7.15. The summed E-state index contributed by atoms with van der Waals surface area (Å²) in [6.07, 6.45) is 3.96. The van der Waals surface area contributed by atoms with Crippen LogP contribution < -0.4 is 4.74 Å². The molecule has 1 saturated heterocycles. The van der Waals surface area contributed by atoms with E-state index in [-0.39, 0.29) is 11.8 Å². The van der Waals surface area contributed by atoms with E-state index in [1.54, 1.807) is 4.90 Å². The number of ether oxygens (including phenoxy) is 1. The van der Waals surface area contributed by atoms with Gasteiger partial charge in [0, 0.05) is 25.9 Å². The molecular formula is C18H21NO4. The molecular weight excluding hydrogens is 294 g/mol. The van der Waals surface area contributed by atoms with Crippen LogP contribution in [0.25, 0.3) is 0 Å². The fraction of sp³-hybridized carbons (Fsp3) is 0.556. The normalized spacial score (nSPS) is 30.8. The molecule has 1 amide bonds. The molecule has 5 heteroatoms. The summed E-state index contributed by atoms with van der Waals surface area (Å²) in [5.41, 5.74) is -1.49. The van der Waals surface area contributed by atoms with Crippen LogP contribution in [0.15, 0.2) is 30.3 Å². The molecule has 0 aromatic heterocycles. The first-order valence-corrected chi connectivity index (χ1v) is 8.33. The van der Waals surface area contributed by atoms with Gasteiger partial charge in [0.2, 0.25) is 0 Å². The summed E-state index contributed by atoms with van der Waals surface area (Å²) in [7, 11) is 0. The number of para-hydroxylation sites is 1. The third kappa shape index (κ3) is 2.21. The van der Waals surface area contributed by atoms with Crippen LogP contribution in [-0.4, -0.2) is 40.6 Å². The highest BCUT2D eigenvalue weighted by Gasteiger charge is 2.61. The van der Waals surface area contributed by atoms with Crippen LogP contribution in [0.5, 0.6) is 5.75 Å². The summed E-state index contributed by atoms with van der Waals surface area (Å²) in [4.78, 5) is 26.4. The first-order valence-electron chi connectivity index (χ1n) is 8.33. The number of rotatable bonds is 4. The van der Waals surface area contributed by atoms with Crippen LogP contribution in [0.1, 0.15) is 32.1 Å². The fourth-order valence-corrected chi connectivity index (χ4v) is 4.27. The molecule has 4 rings (SSSR count). The van der Waals surface area contributed by atoms with Gasteiger partial charge in [-0.3, -0.25) is 9.59 Å². The largest absolute Gasteiger partial charge is 0.481 e. The number of carboxylic acid groups (broad SMARTS) is 1. The summed E-state index contributed by atoms with van der Waals surface area (Å²) in [6.45, 7) is 0.900. The first kappa shape index (κ1) is 14.5. The van der Waals surface area contributed by atoms with Gasteiger partial charge in [0.05, 0.1) is 5.41 Å². The van der Waals surface area contributed by atoms with Gasteiger partial charge in [-0.2, -0.15) is 0 Å². The number of carbonyl (C=O) groups excluding carboxylic acids is 1. The third-order valence-electron chi connectivity index (χ3n) is 5.73. The number of hydrogen-bond donors (Lipinski definition) is 1. The Kier molecular flexibility index (Phi) is 3.15. The lowest BCUT2D eigenvalue weighted by Crippen LogP contribution is -2.44. The van der Waals surface area contributed by atoms with Crippen molar-refractivity contribution in [3.05, 3.63) is 30.3 Å². The van der Waals surface area contributed by atoms with Gasteiger partial charge in [-0.05, 0) is 30.9 Å². The van der Waals surface area contributed by atoms with Crippen LogP contribution in [0.4, 0.5) is 0 Å². The highest BCUT2D eigenvalue weighted by atomic mass is 16.5. The zero-order valence-corrected chi connectivity index (χ0v) is 13.0.